The Hall–Kier alpha value is -0.770. The lowest BCUT2D eigenvalue weighted by Gasteiger charge is -2.13. The number of rotatable bonds is 3. The van der Waals surface area contributed by atoms with Gasteiger partial charge in [-0.05, 0) is 24.5 Å². The van der Waals surface area contributed by atoms with E-state index in [0.717, 1.165) is 17.3 Å². The van der Waals surface area contributed by atoms with Crippen molar-refractivity contribution in [1.29, 1.82) is 0 Å². The summed E-state index contributed by atoms with van der Waals surface area (Å²) in [5.74, 6) is 3.66. The van der Waals surface area contributed by atoms with Crippen LogP contribution in [-0.2, 0) is 0 Å². The second-order valence-corrected chi connectivity index (χ2v) is 5.75. The van der Waals surface area contributed by atoms with Crippen LogP contribution in [-0.4, -0.2) is 22.8 Å². The first-order chi connectivity index (χ1) is 7.70. The molecule has 0 amide bonds. The van der Waals surface area contributed by atoms with E-state index in [1.165, 1.54) is 18.6 Å². The van der Waals surface area contributed by atoms with E-state index in [2.05, 4.69) is 24.1 Å². The Morgan fingerprint density at radius 1 is 1.44 bits per heavy atom. The van der Waals surface area contributed by atoms with Gasteiger partial charge in [0, 0.05) is 18.8 Å². The fraction of sp³-hybridized carbons (Fsp3) is 0.667. The molecule has 0 bridgehead atoms. The van der Waals surface area contributed by atoms with Crippen LogP contribution in [0.5, 0.6) is 0 Å². The van der Waals surface area contributed by atoms with Crippen LogP contribution in [0.2, 0.25) is 0 Å². The molecule has 4 heteroatoms. The molecular weight excluding hydrogens is 218 g/mol. The highest BCUT2D eigenvalue weighted by molar-refractivity contribution is 7.99. The zero-order valence-electron chi connectivity index (χ0n) is 10.2. The van der Waals surface area contributed by atoms with Crippen molar-refractivity contribution in [3.8, 4) is 0 Å². The number of hydrogen-bond donors (Lipinski definition) is 1. The van der Waals surface area contributed by atoms with Crippen LogP contribution in [0, 0.1) is 0 Å². The molecule has 1 aliphatic heterocycles. The lowest BCUT2D eigenvalue weighted by molar-refractivity contribution is 0.741. The van der Waals surface area contributed by atoms with Gasteiger partial charge in [0.25, 0.3) is 0 Å². The summed E-state index contributed by atoms with van der Waals surface area (Å²) in [6.45, 7) is 4.35. The van der Waals surface area contributed by atoms with Crippen LogP contribution >= 0.6 is 11.8 Å². The Morgan fingerprint density at radius 3 is 2.81 bits per heavy atom. The van der Waals surface area contributed by atoms with Gasteiger partial charge in [0.05, 0.1) is 5.25 Å². The monoisotopic (exact) mass is 237 g/mol. The minimum absolute atomic E-state index is 0.459. The van der Waals surface area contributed by atoms with Crippen molar-refractivity contribution in [1.82, 2.24) is 9.97 Å². The maximum atomic E-state index is 4.69. The SMILES string of the molecule is CNc1cc(C(C)C)nc(C2CCCS2)n1. The quantitative estimate of drug-likeness (QED) is 0.876. The van der Waals surface area contributed by atoms with E-state index in [4.69, 9.17) is 4.98 Å². The predicted octanol–water partition coefficient (Wildman–Crippen LogP) is 3.21. The second kappa shape index (κ2) is 5.04. The Morgan fingerprint density at radius 2 is 2.25 bits per heavy atom. The number of nitrogens with one attached hydrogen (secondary N) is 1. The molecular formula is C12H19N3S. The minimum atomic E-state index is 0.459. The summed E-state index contributed by atoms with van der Waals surface area (Å²) < 4.78 is 0. The molecule has 1 unspecified atom stereocenters. The number of nitrogens with zero attached hydrogens (tertiary/aromatic N) is 2. The predicted molar refractivity (Wildman–Crippen MR) is 70.1 cm³/mol. The zero-order valence-corrected chi connectivity index (χ0v) is 11.0. The summed E-state index contributed by atoms with van der Waals surface area (Å²) in [5.41, 5.74) is 1.14. The molecule has 1 saturated heterocycles. The maximum absolute atomic E-state index is 4.69. The van der Waals surface area contributed by atoms with Gasteiger partial charge in [-0.1, -0.05) is 13.8 Å². The molecule has 0 radical (unpaired) electrons. The summed E-state index contributed by atoms with van der Waals surface area (Å²) in [4.78, 5) is 9.26. The third kappa shape index (κ3) is 2.48. The molecule has 1 N–H and O–H groups in total. The lowest BCUT2D eigenvalue weighted by Crippen LogP contribution is -2.06. The third-order valence-corrected chi connectivity index (χ3v) is 4.20. The number of anilines is 1. The van der Waals surface area contributed by atoms with E-state index in [0.29, 0.717) is 11.2 Å². The Kier molecular flexibility index (Phi) is 3.69. The van der Waals surface area contributed by atoms with E-state index < -0.39 is 0 Å². The van der Waals surface area contributed by atoms with Gasteiger partial charge in [-0.2, -0.15) is 11.8 Å². The van der Waals surface area contributed by atoms with E-state index >= 15 is 0 Å². The van der Waals surface area contributed by atoms with E-state index in [-0.39, 0.29) is 0 Å². The molecule has 0 saturated carbocycles. The molecule has 1 aromatic rings. The highest BCUT2D eigenvalue weighted by Gasteiger charge is 2.21. The summed E-state index contributed by atoms with van der Waals surface area (Å²) >= 11 is 1.98. The highest BCUT2D eigenvalue weighted by atomic mass is 32.2. The standard InChI is InChI=1S/C12H19N3S/c1-8(2)9-7-11(13-3)15-12(14-9)10-5-4-6-16-10/h7-8,10H,4-6H2,1-3H3,(H,13,14,15). The van der Waals surface area contributed by atoms with Crippen LogP contribution in [0.1, 0.15) is 49.4 Å². The number of thioether (sulfide) groups is 1. The summed E-state index contributed by atoms with van der Waals surface area (Å²) in [6, 6.07) is 2.05. The molecule has 88 valence electrons. The van der Waals surface area contributed by atoms with Gasteiger partial charge in [0.1, 0.15) is 11.6 Å². The lowest BCUT2D eigenvalue weighted by atomic mass is 10.1. The summed E-state index contributed by atoms with van der Waals surface area (Å²) in [7, 11) is 1.91. The Balaban J connectivity index is 2.32. The van der Waals surface area contributed by atoms with Gasteiger partial charge in [0.2, 0.25) is 0 Å². The van der Waals surface area contributed by atoms with Gasteiger partial charge in [-0.3, -0.25) is 0 Å². The van der Waals surface area contributed by atoms with Crippen molar-refractivity contribution in [3.05, 3.63) is 17.6 Å². The van der Waals surface area contributed by atoms with Gasteiger partial charge >= 0.3 is 0 Å². The molecule has 0 aromatic carbocycles. The van der Waals surface area contributed by atoms with Gasteiger partial charge in [0.15, 0.2) is 0 Å². The molecule has 1 fully saturated rings. The van der Waals surface area contributed by atoms with Crippen molar-refractivity contribution in [3.63, 3.8) is 0 Å². The number of hydrogen-bond acceptors (Lipinski definition) is 4. The topological polar surface area (TPSA) is 37.8 Å². The summed E-state index contributed by atoms with van der Waals surface area (Å²) in [6.07, 6.45) is 2.51. The van der Waals surface area contributed by atoms with E-state index in [1.807, 2.05) is 24.9 Å². The first kappa shape index (κ1) is 11.7. The van der Waals surface area contributed by atoms with E-state index in [1.54, 1.807) is 0 Å². The van der Waals surface area contributed by atoms with Crippen LogP contribution in [0.15, 0.2) is 6.07 Å². The first-order valence-electron chi connectivity index (χ1n) is 5.89. The van der Waals surface area contributed by atoms with Crippen molar-refractivity contribution in [2.45, 2.75) is 37.9 Å². The maximum Gasteiger partial charge on any atom is 0.143 e. The molecule has 1 aromatic heterocycles. The molecule has 3 nitrogen and oxygen atoms in total. The minimum Gasteiger partial charge on any atom is -0.373 e. The smallest absolute Gasteiger partial charge is 0.143 e. The average molecular weight is 237 g/mol. The molecule has 1 aliphatic rings. The first-order valence-corrected chi connectivity index (χ1v) is 6.94. The van der Waals surface area contributed by atoms with Crippen molar-refractivity contribution < 1.29 is 0 Å². The van der Waals surface area contributed by atoms with Gasteiger partial charge in [-0.25, -0.2) is 9.97 Å². The van der Waals surface area contributed by atoms with Crippen LogP contribution in [0.4, 0.5) is 5.82 Å². The summed E-state index contributed by atoms with van der Waals surface area (Å²) in [5, 5.41) is 3.63. The Labute approximate surface area is 101 Å². The van der Waals surface area contributed by atoms with Crippen LogP contribution in [0.25, 0.3) is 0 Å². The molecule has 2 rings (SSSR count). The molecule has 2 heterocycles. The zero-order chi connectivity index (χ0) is 11.5. The van der Waals surface area contributed by atoms with Crippen molar-refractivity contribution in [2.24, 2.45) is 0 Å². The third-order valence-electron chi connectivity index (χ3n) is 2.83. The fourth-order valence-corrected chi connectivity index (χ4v) is 3.04. The van der Waals surface area contributed by atoms with Crippen molar-refractivity contribution in [2.75, 3.05) is 18.1 Å². The van der Waals surface area contributed by atoms with E-state index in [9.17, 15) is 0 Å². The van der Waals surface area contributed by atoms with Crippen LogP contribution < -0.4 is 5.32 Å². The molecule has 0 spiro atoms. The largest absolute Gasteiger partial charge is 0.373 e. The Bertz CT molecular complexity index is 359. The number of aromatic nitrogens is 2. The highest BCUT2D eigenvalue weighted by Crippen LogP contribution is 2.38. The molecule has 1 atom stereocenters. The molecule has 16 heavy (non-hydrogen) atoms. The van der Waals surface area contributed by atoms with Gasteiger partial charge in [-0.15, -0.1) is 0 Å². The van der Waals surface area contributed by atoms with Gasteiger partial charge < -0.3 is 5.32 Å². The van der Waals surface area contributed by atoms with Crippen molar-refractivity contribution >= 4 is 17.6 Å². The second-order valence-electron chi connectivity index (χ2n) is 4.44. The van der Waals surface area contributed by atoms with Crippen LogP contribution in [0.3, 0.4) is 0 Å². The normalized spacial score (nSPS) is 20.4. The fourth-order valence-electron chi connectivity index (χ4n) is 1.83. The average Bonchev–Trinajstić information content (AvgIpc) is 2.81. The molecule has 0 aliphatic carbocycles.